The predicted octanol–water partition coefficient (Wildman–Crippen LogP) is 3.36. The van der Waals surface area contributed by atoms with Crippen LogP contribution in [-0.4, -0.2) is 30.1 Å². The van der Waals surface area contributed by atoms with Crippen molar-refractivity contribution in [3.05, 3.63) is 10.6 Å². The fourth-order valence-electron chi connectivity index (χ4n) is 2.67. The molecule has 5 heteroatoms. The number of hydrogen-bond acceptors (Lipinski definition) is 5. The summed E-state index contributed by atoms with van der Waals surface area (Å²) < 4.78 is 5.16. The number of anilines is 1. The Morgan fingerprint density at radius 3 is 2.85 bits per heavy atom. The number of fused-ring (bicyclic) bond motifs is 1. The van der Waals surface area contributed by atoms with Gasteiger partial charge >= 0.3 is 5.97 Å². The molecule has 2 unspecified atom stereocenters. The van der Waals surface area contributed by atoms with E-state index in [9.17, 15) is 4.79 Å². The molecule has 0 fully saturated rings. The molecule has 2 atom stereocenters. The van der Waals surface area contributed by atoms with Gasteiger partial charge in [-0.1, -0.05) is 6.92 Å². The monoisotopic (exact) mass is 296 g/mol. The number of nitrogens with zero attached hydrogens (tertiary/aromatic N) is 2. The number of carbonyl (C=O) groups is 1. The lowest BCUT2D eigenvalue weighted by atomic mass is 10.1. The fourth-order valence-corrected chi connectivity index (χ4v) is 3.97. The Labute approximate surface area is 125 Å². The van der Waals surface area contributed by atoms with Crippen molar-refractivity contribution in [2.24, 2.45) is 0 Å². The van der Waals surface area contributed by atoms with Crippen LogP contribution in [0.15, 0.2) is 0 Å². The molecule has 0 bridgehead atoms. The SMILES string of the molecule is CCOC(=O)C1CCc2sc(N(CC)C(C)CC)nc21. The largest absolute Gasteiger partial charge is 0.465 e. The minimum absolute atomic E-state index is 0.116. The lowest BCUT2D eigenvalue weighted by molar-refractivity contribution is -0.145. The molecule has 20 heavy (non-hydrogen) atoms. The molecular formula is C15H24N2O2S. The summed E-state index contributed by atoms with van der Waals surface area (Å²) in [4.78, 5) is 20.3. The predicted molar refractivity (Wildman–Crippen MR) is 82.6 cm³/mol. The van der Waals surface area contributed by atoms with Gasteiger partial charge in [-0.2, -0.15) is 0 Å². The van der Waals surface area contributed by atoms with Gasteiger partial charge in [0.25, 0.3) is 0 Å². The maximum atomic E-state index is 12.0. The topological polar surface area (TPSA) is 42.4 Å². The molecule has 0 N–H and O–H groups in total. The van der Waals surface area contributed by atoms with E-state index in [1.165, 1.54) is 4.88 Å². The van der Waals surface area contributed by atoms with Gasteiger partial charge in [0.2, 0.25) is 0 Å². The second-order valence-electron chi connectivity index (χ2n) is 5.19. The van der Waals surface area contributed by atoms with E-state index in [1.54, 1.807) is 11.3 Å². The molecule has 0 saturated carbocycles. The van der Waals surface area contributed by atoms with Gasteiger partial charge < -0.3 is 9.64 Å². The lowest BCUT2D eigenvalue weighted by Crippen LogP contribution is -2.32. The molecule has 1 aliphatic rings. The summed E-state index contributed by atoms with van der Waals surface area (Å²) in [6, 6.07) is 0.479. The maximum Gasteiger partial charge on any atom is 0.315 e. The summed E-state index contributed by atoms with van der Waals surface area (Å²) in [5.74, 6) is -0.264. The molecule has 112 valence electrons. The van der Waals surface area contributed by atoms with Crippen molar-refractivity contribution < 1.29 is 9.53 Å². The zero-order valence-electron chi connectivity index (χ0n) is 12.8. The number of esters is 1. The van der Waals surface area contributed by atoms with Crippen LogP contribution in [0.3, 0.4) is 0 Å². The smallest absolute Gasteiger partial charge is 0.315 e. The number of hydrogen-bond donors (Lipinski definition) is 0. The van der Waals surface area contributed by atoms with Crippen molar-refractivity contribution in [1.29, 1.82) is 0 Å². The molecule has 0 aliphatic heterocycles. The van der Waals surface area contributed by atoms with E-state index in [1.807, 2.05) is 6.92 Å². The number of aromatic nitrogens is 1. The maximum absolute atomic E-state index is 12.0. The Morgan fingerprint density at radius 1 is 1.50 bits per heavy atom. The van der Waals surface area contributed by atoms with Crippen molar-refractivity contribution in [2.45, 2.75) is 58.9 Å². The zero-order chi connectivity index (χ0) is 14.7. The minimum Gasteiger partial charge on any atom is -0.465 e. The third-order valence-corrected chi connectivity index (χ3v) is 5.15. The van der Waals surface area contributed by atoms with Crippen LogP contribution in [-0.2, 0) is 16.0 Å². The molecular weight excluding hydrogens is 272 g/mol. The van der Waals surface area contributed by atoms with Crippen LogP contribution in [0.25, 0.3) is 0 Å². The molecule has 1 aromatic rings. The van der Waals surface area contributed by atoms with Crippen molar-refractivity contribution in [1.82, 2.24) is 4.98 Å². The van der Waals surface area contributed by atoms with E-state index >= 15 is 0 Å². The first kappa shape index (κ1) is 15.3. The standard InChI is InChI=1S/C15H24N2O2S/c1-5-10(4)17(6-2)15-16-13-11(14(18)19-7-3)8-9-12(13)20-15/h10-11H,5-9H2,1-4H3. The van der Waals surface area contributed by atoms with Gasteiger partial charge in [-0.25, -0.2) is 4.98 Å². The molecule has 0 aromatic carbocycles. The normalized spacial score (nSPS) is 18.7. The van der Waals surface area contributed by atoms with Gasteiger partial charge in [0.05, 0.1) is 12.3 Å². The quantitative estimate of drug-likeness (QED) is 0.755. The third-order valence-electron chi connectivity index (χ3n) is 3.99. The van der Waals surface area contributed by atoms with Crippen molar-refractivity contribution in [2.75, 3.05) is 18.1 Å². The van der Waals surface area contributed by atoms with Crippen molar-refractivity contribution in [3.63, 3.8) is 0 Å². The van der Waals surface area contributed by atoms with E-state index in [0.717, 1.165) is 36.6 Å². The van der Waals surface area contributed by atoms with Gasteiger partial charge in [-0.3, -0.25) is 4.79 Å². The Bertz CT molecular complexity index is 472. The van der Waals surface area contributed by atoms with Gasteiger partial charge in [0.15, 0.2) is 5.13 Å². The summed E-state index contributed by atoms with van der Waals surface area (Å²) in [5, 5.41) is 1.06. The zero-order valence-corrected chi connectivity index (χ0v) is 13.6. The van der Waals surface area contributed by atoms with Crippen LogP contribution >= 0.6 is 11.3 Å². The lowest BCUT2D eigenvalue weighted by Gasteiger charge is -2.26. The highest BCUT2D eigenvalue weighted by molar-refractivity contribution is 7.15. The van der Waals surface area contributed by atoms with E-state index < -0.39 is 0 Å². The Morgan fingerprint density at radius 2 is 2.25 bits per heavy atom. The number of carbonyl (C=O) groups excluding carboxylic acids is 1. The van der Waals surface area contributed by atoms with Gasteiger partial charge in [-0.05, 0) is 40.0 Å². The van der Waals surface area contributed by atoms with E-state index in [4.69, 9.17) is 9.72 Å². The molecule has 0 saturated heterocycles. The average molecular weight is 296 g/mol. The van der Waals surface area contributed by atoms with Crippen LogP contribution in [0.4, 0.5) is 5.13 Å². The van der Waals surface area contributed by atoms with E-state index in [0.29, 0.717) is 12.6 Å². The van der Waals surface area contributed by atoms with Crippen LogP contribution in [0.2, 0.25) is 0 Å². The minimum atomic E-state index is -0.148. The highest BCUT2D eigenvalue weighted by Crippen LogP contribution is 2.40. The summed E-state index contributed by atoms with van der Waals surface area (Å²) in [7, 11) is 0. The van der Waals surface area contributed by atoms with Gasteiger partial charge in [-0.15, -0.1) is 11.3 Å². The summed E-state index contributed by atoms with van der Waals surface area (Å²) in [6.45, 7) is 9.81. The Kier molecular flexibility index (Phi) is 5.02. The number of rotatable bonds is 6. The summed E-state index contributed by atoms with van der Waals surface area (Å²) >= 11 is 1.74. The summed E-state index contributed by atoms with van der Waals surface area (Å²) in [5.41, 5.74) is 0.963. The van der Waals surface area contributed by atoms with Crippen LogP contribution < -0.4 is 4.90 Å². The summed E-state index contributed by atoms with van der Waals surface area (Å²) in [6.07, 6.45) is 2.90. The highest BCUT2D eigenvalue weighted by Gasteiger charge is 2.34. The van der Waals surface area contributed by atoms with Crippen LogP contribution in [0, 0.1) is 0 Å². The fraction of sp³-hybridized carbons (Fsp3) is 0.733. The van der Waals surface area contributed by atoms with Gasteiger partial charge in [0, 0.05) is 17.5 Å². The average Bonchev–Trinajstić information content (AvgIpc) is 2.99. The first-order valence-corrected chi connectivity index (χ1v) is 8.36. The first-order chi connectivity index (χ1) is 9.62. The van der Waals surface area contributed by atoms with Crippen LogP contribution in [0.1, 0.15) is 57.0 Å². The van der Waals surface area contributed by atoms with Crippen molar-refractivity contribution >= 4 is 22.4 Å². The molecule has 0 spiro atoms. The molecule has 1 aromatic heterocycles. The highest BCUT2D eigenvalue weighted by atomic mass is 32.1. The molecule has 0 radical (unpaired) electrons. The Hall–Kier alpha value is -1.10. The number of thiazole rings is 1. The Balaban J connectivity index is 2.21. The van der Waals surface area contributed by atoms with E-state index in [-0.39, 0.29) is 11.9 Å². The van der Waals surface area contributed by atoms with E-state index in [2.05, 4.69) is 25.7 Å². The molecule has 4 nitrogen and oxygen atoms in total. The second kappa shape index (κ2) is 6.57. The third kappa shape index (κ3) is 2.82. The van der Waals surface area contributed by atoms with Crippen molar-refractivity contribution in [3.8, 4) is 0 Å². The molecule has 1 heterocycles. The second-order valence-corrected chi connectivity index (χ2v) is 6.25. The van der Waals surface area contributed by atoms with Crippen LogP contribution in [0.5, 0.6) is 0 Å². The first-order valence-electron chi connectivity index (χ1n) is 7.55. The molecule has 2 rings (SSSR count). The number of ether oxygens (including phenoxy) is 1. The van der Waals surface area contributed by atoms with Gasteiger partial charge in [0.1, 0.15) is 5.92 Å². The molecule has 1 aliphatic carbocycles. The molecule has 0 amide bonds. The number of aryl methyl sites for hydroxylation is 1.